The zero-order valence-electron chi connectivity index (χ0n) is 9.71. The van der Waals surface area contributed by atoms with E-state index in [0.717, 1.165) is 5.56 Å². The van der Waals surface area contributed by atoms with Crippen molar-refractivity contribution >= 4 is 10.0 Å². The van der Waals surface area contributed by atoms with Crippen LogP contribution >= 0.6 is 0 Å². The van der Waals surface area contributed by atoms with Gasteiger partial charge < -0.3 is 0 Å². The summed E-state index contributed by atoms with van der Waals surface area (Å²) >= 11 is 0. The average molecular weight is 240 g/mol. The number of hydrogen-bond donors (Lipinski definition) is 0. The summed E-state index contributed by atoms with van der Waals surface area (Å²) < 4.78 is 24.7. The van der Waals surface area contributed by atoms with Crippen LogP contribution in [-0.4, -0.2) is 30.5 Å². The SMILES string of the molecule is CC1(C)CN(S(C)(=O)=O)[C@@H]1c1cccnc1. The number of pyridine rings is 1. The van der Waals surface area contributed by atoms with Crippen molar-refractivity contribution in [3.05, 3.63) is 30.1 Å². The lowest BCUT2D eigenvalue weighted by molar-refractivity contribution is 0.0202. The Morgan fingerprint density at radius 2 is 2.19 bits per heavy atom. The van der Waals surface area contributed by atoms with E-state index < -0.39 is 10.0 Å². The Kier molecular flexibility index (Phi) is 2.55. The third-order valence-corrected chi connectivity index (χ3v) is 4.21. The molecule has 1 saturated heterocycles. The molecule has 88 valence electrons. The number of hydrogen-bond acceptors (Lipinski definition) is 3. The number of aromatic nitrogens is 1. The topological polar surface area (TPSA) is 50.3 Å². The summed E-state index contributed by atoms with van der Waals surface area (Å²) in [5, 5.41) is 0. The minimum atomic E-state index is -3.13. The number of nitrogens with zero attached hydrogens (tertiary/aromatic N) is 2. The summed E-state index contributed by atoms with van der Waals surface area (Å²) in [6, 6.07) is 3.68. The van der Waals surface area contributed by atoms with Gasteiger partial charge in [0.15, 0.2) is 0 Å². The molecule has 1 atom stereocenters. The molecule has 0 aromatic carbocycles. The normalized spacial score (nSPS) is 25.1. The molecule has 0 N–H and O–H groups in total. The zero-order chi connectivity index (χ0) is 12.0. The van der Waals surface area contributed by atoms with E-state index in [4.69, 9.17) is 0 Å². The highest BCUT2D eigenvalue weighted by Gasteiger charge is 2.50. The van der Waals surface area contributed by atoms with Crippen LogP contribution in [0.4, 0.5) is 0 Å². The molecule has 1 aliphatic rings. The molecule has 0 saturated carbocycles. The fraction of sp³-hybridized carbons (Fsp3) is 0.545. The molecule has 0 aliphatic carbocycles. The highest BCUT2D eigenvalue weighted by Crippen LogP contribution is 2.49. The highest BCUT2D eigenvalue weighted by atomic mass is 32.2. The Morgan fingerprint density at radius 3 is 2.62 bits per heavy atom. The Hall–Kier alpha value is -0.940. The lowest BCUT2D eigenvalue weighted by atomic mass is 9.74. The van der Waals surface area contributed by atoms with Crippen molar-refractivity contribution in [2.75, 3.05) is 12.8 Å². The summed E-state index contributed by atoms with van der Waals surface area (Å²) in [5.41, 5.74) is 0.940. The van der Waals surface area contributed by atoms with Gasteiger partial charge in [-0.1, -0.05) is 19.9 Å². The van der Waals surface area contributed by atoms with E-state index in [0.29, 0.717) is 6.54 Å². The molecule has 1 aliphatic heterocycles. The molecule has 4 nitrogen and oxygen atoms in total. The molecule has 5 heteroatoms. The Labute approximate surface area is 96.4 Å². The van der Waals surface area contributed by atoms with Crippen LogP contribution in [0.1, 0.15) is 25.5 Å². The molecule has 2 heterocycles. The van der Waals surface area contributed by atoms with Gasteiger partial charge in [-0.3, -0.25) is 4.98 Å². The lowest BCUT2D eigenvalue weighted by Crippen LogP contribution is -2.57. The first-order chi connectivity index (χ1) is 7.32. The molecular weight excluding hydrogens is 224 g/mol. The second-order valence-electron chi connectivity index (χ2n) is 4.99. The van der Waals surface area contributed by atoms with Crippen LogP contribution in [0.3, 0.4) is 0 Å². The molecular formula is C11H16N2O2S. The van der Waals surface area contributed by atoms with Crippen molar-refractivity contribution in [3.63, 3.8) is 0 Å². The molecule has 0 unspecified atom stereocenters. The molecule has 1 fully saturated rings. The minimum Gasteiger partial charge on any atom is -0.264 e. The van der Waals surface area contributed by atoms with E-state index in [-0.39, 0.29) is 11.5 Å². The Bertz CT molecular complexity index is 482. The van der Waals surface area contributed by atoms with Crippen molar-refractivity contribution < 1.29 is 8.42 Å². The third-order valence-electron chi connectivity index (χ3n) is 3.02. The van der Waals surface area contributed by atoms with Crippen LogP contribution < -0.4 is 0 Å². The van der Waals surface area contributed by atoms with E-state index in [1.54, 1.807) is 12.4 Å². The smallest absolute Gasteiger partial charge is 0.211 e. The predicted octanol–water partition coefficient (Wildman–Crippen LogP) is 1.42. The van der Waals surface area contributed by atoms with E-state index in [1.165, 1.54) is 10.6 Å². The van der Waals surface area contributed by atoms with E-state index in [9.17, 15) is 8.42 Å². The van der Waals surface area contributed by atoms with Gasteiger partial charge in [0.1, 0.15) is 0 Å². The number of sulfonamides is 1. The van der Waals surface area contributed by atoms with Gasteiger partial charge in [-0.15, -0.1) is 0 Å². The monoisotopic (exact) mass is 240 g/mol. The molecule has 1 aromatic rings. The molecule has 2 rings (SSSR count). The van der Waals surface area contributed by atoms with Crippen molar-refractivity contribution in [1.82, 2.24) is 9.29 Å². The quantitative estimate of drug-likeness (QED) is 0.785. The fourth-order valence-corrected chi connectivity index (χ4v) is 3.68. The van der Waals surface area contributed by atoms with Crippen molar-refractivity contribution in [3.8, 4) is 0 Å². The first-order valence-corrected chi connectivity index (χ1v) is 7.04. The van der Waals surface area contributed by atoms with Gasteiger partial charge in [0, 0.05) is 18.9 Å². The van der Waals surface area contributed by atoms with Crippen LogP contribution in [-0.2, 0) is 10.0 Å². The van der Waals surface area contributed by atoms with Crippen molar-refractivity contribution in [2.24, 2.45) is 5.41 Å². The highest BCUT2D eigenvalue weighted by molar-refractivity contribution is 7.88. The zero-order valence-corrected chi connectivity index (χ0v) is 10.5. The van der Waals surface area contributed by atoms with Crippen LogP contribution in [0.5, 0.6) is 0 Å². The molecule has 16 heavy (non-hydrogen) atoms. The van der Waals surface area contributed by atoms with Crippen LogP contribution in [0.2, 0.25) is 0 Å². The van der Waals surface area contributed by atoms with Crippen LogP contribution in [0, 0.1) is 5.41 Å². The maximum absolute atomic E-state index is 11.6. The molecule has 0 radical (unpaired) electrons. The largest absolute Gasteiger partial charge is 0.264 e. The van der Waals surface area contributed by atoms with Gasteiger partial charge in [0.2, 0.25) is 10.0 Å². The summed E-state index contributed by atoms with van der Waals surface area (Å²) in [6.07, 6.45) is 4.69. The average Bonchev–Trinajstić information content (AvgIpc) is 2.15. The first kappa shape index (κ1) is 11.5. The van der Waals surface area contributed by atoms with Gasteiger partial charge in [0.25, 0.3) is 0 Å². The molecule has 0 amide bonds. The fourth-order valence-electron chi connectivity index (χ4n) is 2.32. The maximum atomic E-state index is 11.6. The maximum Gasteiger partial charge on any atom is 0.211 e. The van der Waals surface area contributed by atoms with Gasteiger partial charge in [-0.25, -0.2) is 8.42 Å². The summed E-state index contributed by atoms with van der Waals surface area (Å²) in [7, 11) is -3.13. The molecule has 1 aromatic heterocycles. The molecule has 0 bridgehead atoms. The first-order valence-electron chi connectivity index (χ1n) is 5.19. The van der Waals surface area contributed by atoms with Gasteiger partial charge >= 0.3 is 0 Å². The summed E-state index contributed by atoms with van der Waals surface area (Å²) in [4.78, 5) is 4.05. The molecule has 0 spiro atoms. The lowest BCUT2D eigenvalue weighted by Gasteiger charge is -2.52. The second-order valence-corrected chi connectivity index (χ2v) is 6.92. The summed E-state index contributed by atoms with van der Waals surface area (Å²) in [5.74, 6) is 0. The van der Waals surface area contributed by atoms with Gasteiger partial charge in [-0.2, -0.15) is 4.31 Å². The minimum absolute atomic E-state index is 0.0217. The van der Waals surface area contributed by atoms with Crippen LogP contribution in [0.15, 0.2) is 24.5 Å². The Morgan fingerprint density at radius 1 is 1.50 bits per heavy atom. The number of rotatable bonds is 2. The van der Waals surface area contributed by atoms with Crippen LogP contribution in [0.25, 0.3) is 0 Å². The van der Waals surface area contributed by atoms with Gasteiger partial charge in [-0.05, 0) is 17.0 Å². The Balaban J connectivity index is 2.37. The second kappa shape index (κ2) is 3.53. The predicted molar refractivity (Wildman–Crippen MR) is 62.3 cm³/mol. The van der Waals surface area contributed by atoms with Crippen molar-refractivity contribution in [1.29, 1.82) is 0 Å². The van der Waals surface area contributed by atoms with E-state index in [1.807, 2.05) is 12.1 Å². The van der Waals surface area contributed by atoms with E-state index >= 15 is 0 Å². The van der Waals surface area contributed by atoms with Gasteiger partial charge in [0.05, 0.1) is 12.3 Å². The third kappa shape index (κ3) is 1.85. The summed E-state index contributed by atoms with van der Waals surface area (Å²) in [6.45, 7) is 4.73. The standard InChI is InChI=1S/C11H16N2O2S/c1-11(2)8-13(16(3,14)15)10(11)9-5-4-6-12-7-9/h4-7,10H,8H2,1-3H3/t10-/m1/s1. The van der Waals surface area contributed by atoms with E-state index in [2.05, 4.69) is 18.8 Å². The van der Waals surface area contributed by atoms with Crippen molar-refractivity contribution in [2.45, 2.75) is 19.9 Å².